The summed E-state index contributed by atoms with van der Waals surface area (Å²) in [5.41, 5.74) is 0. The van der Waals surface area contributed by atoms with E-state index in [9.17, 15) is 0 Å². The van der Waals surface area contributed by atoms with Crippen molar-refractivity contribution in [1.82, 2.24) is 24.7 Å². The van der Waals surface area contributed by atoms with Crippen LogP contribution in [0.15, 0.2) is 18.7 Å². The first-order valence-corrected chi connectivity index (χ1v) is 6.93. The van der Waals surface area contributed by atoms with Crippen molar-refractivity contribution in [2.24, 2.45) is 7.05 Å². The molecule has 1 aliphatic rings. The molecule has 0 unspecified atom stereocenters. The van der Waals surface area contributed by atoms with Crippen molar-refractivity contribution in [2.45, 2.75) is 13.0 Å². The fourth-order valence-electron chi connectivity index (χ4n) is 2.33. The molecule has 8 heteroatoms. The van der Waals surface area contributed by atoms with Crippen LogP contribution in [-0.2, 0) is 11.8 Å². The molecule has 1 saturated heterocycles. The maximum atomic E-state index is 5.79. The third kappa shape index (κ3) is 2.94. The number of rotatable bonds is 4. The number of morpholine rings is 1. The highest BCUT2D eigenvalue weighted by molar-refractivity contribution is 5.41. The van der Waals surface area contributed by atoms with Gasteiger partial charge in [0.1, 0.15) is 24.6 Å². The van der Waals surface area contributed by atoms with E-state index >= 15 is 0 Å². The van der Waals surface area contributed by atoms with Gasteiger partial charge in [-0.1, -0.05) is 0 Å². The van der Waals surface area contributed by atoms with Crippen molar-refractivity contribution in [2.75, 3.05) is 31.2 Å². The fraction of sp³-hybridized carbons (Fsp3) is 0.538. The summed E-state index contributed by atoms with van der Waals surface area (Å²) in [7, 11) is 1.91. The van der Waals surface area contributed by atoms with Gasteiger partial charge in [-0.15, -0.1) is 10.2 Å². The van der Waals surface area contributed by atoms with Crippen molar-refractivity contribution in [3.8, 4) is 5.88 Å². The molecule has 0 bridgehead atoms. The van der Waals surface area contributed by atoms with Crippen LogP contribution in [-0.4, -0.2) is 51.0 Å². The lowest BCUT2D eigenvalue weighted by atomic mass is 10.2. The summed E-state index contributed by atoms with van der Waals surface area (Å²) < 4.78 is 13.1. The molecule has 0 spiro atoms. The van der Waals surface area contributed by atoms with Crippen molar-refractivity contribution >= 4 is 5.82 Å². The van der Waals surface area contributed by atoms with Gasteiger partial charge in [-0.2, -0.15) is 0 Å². The maximum absolute atomic E-state index is 5.79. The Labute approximate surface area is 122 Å². The van der Waals surface area contributed by atoms with Crippen LogP contribution in [0.5, 0.6) is 5.88 Å². The van der Waals surface area contributed by atoms with Gasteiger partial charge in [0.05, 0.1) is 19.8 Å². The molecule has 1 fully saturated rings. The Morgan fingerprint density at radius 3 is 3.10 bits per heavy atom. The molecule has 2 aromatic rings. The first kappa shape index (κ1) is 13.7. The molecule has 0 aliphatic carbocycles. The Hall–Kier alpha value is -2.22. The Balaban J connectivity index is 1.77. The second-order valence-electron chi connectivity index (χ2n) is 4.75. The van der Waals surface area contributed by atoms with E-state index in [2.05, 4.69) is 25.1 Å². The van der Waals surface area contributed by atoms with Gasteiger partial charge in [0, 0.05) is 19.7 Å². The molecule has 1 aliphatic heterocycles. The van der Waals surface area contributed by atoms with Crippen molar-refractivity contribution < 1.29 is 9.47 Å². The molecule has 0 radical (unpaired) electrons. The lowest BCUT2D eigenvalue weighted by Crippen LogP contribution is -2.39. The number of aryl methyl sites for hydroxylation is 1. The molecule has 0 saturated carbocycles. The number of aromatic nitrogens is 5. The monoisotopic (exact) mass is 290 g/mol. The molecule has 112 valence electrons. The highest BCUT2D eigenvalue weighted by Crippen LogP contribution is 2.24. The van der Waals surface area contributed by atoms with Crippen LogP contribution in [0.4, 0.5) is 5.82 Å². The molecular weight excluding hydrogens is 272 g/mol. The molecule has 0 aromatic carbocycles. The van der Waals surface area contributed by atoms with Gasteiger partial charge in [0.15, 0.2) is 5.82 Å². The maximum Gasteiger partial charge on any atom is 0.218 e. The van der Waals surface area contributed by atoms with Crippen molar-refractivity contribution in [1.29, 1.82) is 0 Å². The van der Waals surface area contributed by atoms with Gasteiger partial charge < -0.3 is 18.9 Å². The van der Waals surface area contributed by atoms with Gasteiger partial charge in [-0.05, 0) is 6.92 Å². The van der Waals surface area contributed by atoms with Crippen LogP contribution in [0.3, 0.4) is 0 Å². The van der Waals surface area contributed by atoms with Crippen LogP contribution in [0.1, 0.15) is 18.9 Å². The lowest BCUT2D eigenvalue weighted by molar-refractivity contribution is 0.0318. The van der Waals surface area contributed by atoms with Gasteiger partial charge in [-0.3, -0.25) is 0 Å². The van der Waals surface area contributed by atoms with E-state index in [0.717, 1.165) is 18.2 Å². The highest BCUT2D eigenvalue weighted by atomic mass is 16.5. The van der Waals surface area contributed by atoms with E-state index in [-0.39, 0.29) is 6.10 Å². The van der Waals surface area contributed by atoms with E-state index in [0.29, 0.717) is 25.6 Å². The molecule has 8 nitrogen and oxygen atoms in total. The topological polar surface area (TPSA) is 78.2 Å². The molecule has 3 heterocycles. The lowest BCUT2D eigenvalue weighted by Gasteiger charge is -2.33. The summed E-state index contributed by atoms with van der Waals surface area (Å²) in [6.07, 6.45) is 3.08. The standard InChI is InChI=1S/C13H18N6O2/c1-3-20-12-6-11(14-8-15-12)19-4-5-21-10(7-19)13-17-16-9-18(13)2/h6,8-10H,3-5,7H2,1-2H3/t10-/m1/s1. The van der Waals surface area contributed by atoms with Crippen molar-refractivity contribution in [3.63, 3.8) is 0 Å². The quantitative estimate of drug-likeness (QED) is 0.815. The Morgan fingerprint density at radius 2 is 2.33 bits per heavy atom. The first-order valence-electron chi connectivity index (χ1n) is 6.93. The second kappa shape index (κ2) is 6.04. The summed E-state index contributed by atoms with van der Waals surface area (Å²) in [5.74, 6) is 2.24. The van der Waals surface area contributed by atoms with Gasteiger partial charge >= 0.3 is 0 Å². The average molecular weight is 290 g/mol. The zero-order valence-corrected chi connectivity index (χ0v) is 12.1. The van der Waals surface area contributed by atoms with Gasteiger partial charge in [0.25, 0.3) is 0 Å². The summed E-state index contributed by atoms with van der Waals surface area (Å²) in [6, 6.07) is 1.85. The molecule has 1 atom stereocenters. The van der Waals surface area contributed by atoms with Crippen molar-refractivity contribution in [3.05, 3.63) is 24.5 Å². The van der Waals surface area contributed by atoms with E-state index in [1.165, 1.54) is 6.33 Å². The summed E-state index contributed by atoms with van der Waals surface area (Å²) in [6.45, 7) is 4.58. The SMILES string of the molecule is CCOc1cc(N2CCO[C@@H](c3nncn3C)C2)ncn1. The molecule has 0 N–H and O–H groups in total. The third-order valence-electron chi connectivity index (χ3n) is 3.34. The van der Waals surface area contributed by atoms with Gasteiger partial charge in [0.2, 0.25) is 5.88 Å². The molecular formula is C13H18N6O2. The number of nitrogens with zero attached hydrogens (tertiary/aromatic N) is 6. The number of hydrogen-bond donors (Lipinski definition) is 0. The van der Waals surface area contributed by atoms with E-state index in [1.54, 1.807) is 6.33 Å². The Kier molecular flexibility index (Phi) is 3.96. The van der Waals surface area contributed by atoms with E-state index in [4.69, 9.17) is 9.47 Å². The largest absolute Gasteiger partial charge is 0.478 e. The predicted molar refractivity (Wildman–Crippen MR) is 75.1 cm³/mol. The zero-order chi connectivity index (χ0) is 14.7. The van der Waals surface area contributed by atoms with E-state index in [1.807, 2.05) is 24.6 Å². The minimum absolute atomic E-state index is 0.114. The predicted octanol–water partition coefficient (Wildman–Crippen LogP) is 0.582. The minimum Gasteiger partial charge on any atom is -0.478 e. The Bertz CT molecular complexity index is 602. The zero-order valence-electron chi connectivity index (χ0n) is 12.1. The van der Waals surface area contributed by atoms with Crippen LogP contribution in [0.25, 0.3) is 0 Å². The summed E-state index contributed by atoms with van der Waals surface area (Å²) >= 11 is 0. The number of ether oxygens (including phenoxy) is 2. The van der Waals surface area contributed by atoms with E-state index < -0.39 is 0 Å². The van der Waals surface area contributed by atoms with Crippen LogP contribution in [0, 0.1) is 0 Å². The molecule has 2 aromatic heterocycles. The van der Waals surface area contributed by atoms with Crippen LogP contribution >= 0.6 is 0 Å². The molecule has 0 amide bonds. The first-order chi connectivity index (χ1) is 10.3. The summed E-state index contributed by atoms with van der Waals surface area (Å²) in [5, 5.41) is 8.02. The molecule has 3 rings (SSSR count). The van der Waals surface area contributed by atoms with Crippen LogP contribution in [0.2, 0.25) is 0 Å². The number of hydrogen-bond acceptors (Lipinski definition) is 7. The smallest absolute Gasteiger partial charge is 0.218 e. The van der Waals surface area contributed by atoms with Crippen LogP contribution < -0.4 is 9.64 Å². The number of anilines is 1. The highest BCUT2D eigenvalue weighted by Gasteiger charge is 2.26. The third-order valence-corrected chi connectivity index (χ3v) is 3.34. The minimum atomic E-state index is -0.114. The fourth-order valence-corrected chi connectivity index (χ4v) is 2.33. The summed E-state index contributed by atoms with van der Waals surface area (Å²) in [4.78, 5) is 10.6. The normalized spacial score (nSPS) is 18.8. The van der Waals surface area contributed by atoms with Gasteiger partial charge in [-0.25, -0.2) is 9.97 Å². The Morgan fingerprint density at radius 1 is 1.43 bits per heavy atom. The average Bonchev–Trinajstić information content (AvgIpc) is 2.94. The molecule has 21 heavy (non-hydrogen) atoms. The second-order valence-corrected chi connectivity index (χ2v) is 4.75.